The summed E-state index contributed by atoms with van der Waals surface area (Å²) in [6.45, 7) is -0.141. The van der Waals surface area contributed by atoms with Gasteiger partial charge in [0.25, 0.3) is 0 Å². The van der Waals surface area contributed by atoms with E-state index in [1.165, 1.54) is 24.3 Å². The number of ether oxygens (including phenoxy) is 1. The van der Waals surface area contributed by atoms with Gasteiger partial charge in [-0.2, -0.15) is 0 Å². The van der Waals surface area contributed by atoms with Gasteiger partial charge in [-0.3, -0.25) is 29.0 Å². The van der Waals surface area contributed by atoms with E-state index in [0.717, 1.165) is 9.80 Å². The van der Waals surface area contributed by atoms with Gasteiger partial charge in [-0.1, -0.05) is 0 Å². The van der Waals surface area contributed by atoms with Crippen LogP contribution < -0.4 is 59.1 Å². The van der Waals surface area contributed by atoms with Crippen molar-refractivity contribution in [2.24, 2.45) is 0 Å². The van der Waals surface area contributed by atoms with Gasteiger partial charge in [-0.05, 0) is 31.2 Å². The molecule has 0 saturated heterocycles. The molecule has 0 aliphatic heterocycles. The van der Waals surface area contributed by atoms with Crippen LogP contribution in [0.15, 0.2) is 24.3 Å². The van der Waals surface area contributed by atoms with Crippen molar-refractivity contribution in [1.82, 2.24) is 9.80 Å². The maximum absolute atomic E-state index is 11.1. The molecule has 15 heteroatoms. The van der Waals surface area contributed by atoms with Crippen molar-refractivity contribution in [3.05, 3.63) is 29.8 Å². The minimum absolute atomic E-state index is 0. The summed E-state index contributed by atoms with van der Waals surface area (Å²) in [6, 6.07) is 5.94. The van der Waals surface area contributed by atoms with Gasteiger partial charge in [0.05, 0.1) is 38.3 Å². The molecule has 1 aromatic carbocycles. The second-order valence-electron chi connectivity index (χ2n) is 6.26. The number of benzene rings is 1. The normalized spacial score (nSPS) is 9.62. The summed E-state index contributed by atoms with van der Waals surface area (Å²) in [5.41, 5.74) is 0.453. The van der Waals surface area contributed by atoms with Gasteiger partial charge >= 0.3 is 89.0 Å². The van der Waals surface area contributed by atoms with Crippen LogP contribution >= 0.6 is 0 Å². The van der Waals surface area contributed by atoms with Crippen LogP contribution in [0.3, 0.4) is 0 Å². The van der Waals surface area contributed by atoms with Crippen LogP contribution in [0.4, 0.5) is 0 Å². The average molecular weight is 506 g/mol. The van der Waals surface area contributed by atoms with E-state index in [2.05, 4.69) is 0 Å². The third-order valence-electron chi connectivity index (χ3n) is 3.55. The predicted octanol–water partition coefficient (Wildman–Crippen LogP) is -6.27. The number of hydrogen-bond acceptors (Lipinski definition) is 9. The van der Waals surface area contributed by atoms with Crippen LogP contribution in [-0.4, -0.2) is 111 Å². The first-order valence-corrected chi connectivity index (χ1v) is 9.22. The van der Waals surface area contributed by atoms with Crippen LogP contribution in [0.25, 0.3) is 0 Å². The summed E-state index contributed by atoms with van der Waals surface area (Å²) in [5.74, 6) is -5.13. The number of hydrogen-bond donors (Lipinski definition) is 5. The Bertz CT molecular complexity index is 734. The standard InChI is InChI=1S/C10H16N2O8.C9H10O3.2Na.2H/c13-7(14)3-11(4-8(15)16)1-2-12(5-9(17)18)6-10(19)20;1-2-12-9(11)7-3-5-8(10)6-4-7;;;;/h1-6H2,(H,13,14)(H,15,16)(H,17,18)(H,19,20);3-6,10H,2H2,1H3;;;;/q;;2*+1;2*-1. The summed E-state index contributed by atoms with van der Waals surface area (Å²) in [5, 5.41) is 43.4. The Balaban J connectivity index is -0.000000174. The van der Waals surface area contributed by atoms with Crippen LogP contribution in [0.5, 0.6) is 5.75 Å². The largest absolute Gasteiger partial charge is 1.00 e. The minimum Gasteiger partial charge on any atom is -1.00 e. The first kappa shape index (κ1) is 36.9. The first-order chi connectivity index (χ1) is 14.9. The second kappa shape index (κ2) is 20.6. The summed E-state index contributed by atoms with van der Waals surface area (Å²) >= 11 is 0. The van der Waals surface area contributed by atoms with Gasteiger partial charge in [-0.15, -0.1) is 0 Å². The molecule has 0 atom stereocenters. The average Bonchev–Trinajstić information content (AvgIpc) is 2.65. The maximum atomic E-state index is 11.1. The number of nitrogens with zero attached hydrogens (tertiary/aromatic N) is 2. The molecule has 1 aromatic rings. The topological polar surface area (TPSA) is 202 Å². The second-order valence-corrected chi connectivity index (χ2v) is 6.26. The predicted molar refractivity (Wildman–Crippen MR) is 110 cm³/mol. The maximum Gasteiger partial charge on any atom is 1.00 e. The Kier molecular flexibility index (Phi) is 22.4. The van der Waals surface area contributed by atoms with Crippen molar-refractivity contribution in [2.75, 3.05) is 45.9 Å². The minimum atomic E-state index is -1.23. The molecule has 0 heterocycles. The van der Waals surface area contributed by atoms with Crippen LogP contribution in [0, 0.1) is 0 Å². The van der Waals surface area contributed by atoms with E-state index in [9.17, 15) is 24.0 Å². The van der Waals surface area contributed by atoms with Gasteiger partial charge in [-0.25, -0.2) is 4.79 Å². The Morgan fingerprint density at radius 3 is 1.32 bits per heavy atom. The number of carbonyl (C=O) groups is 5. The Morgan fingerprint density at radius 1 is 0.735 bits per heavy atom. The monoisotopic (exact) mass is 506 g/mol. The molecule has 0 amide bonds. The van der Waals surface area contributed by atoms with Crippen molar-refractivity contribution < 1.29 is 116 Å². The summed E-state index contributed by atoms with van der Waals surface area (Å²) in [6.07, 6.45) is 0. The van der Waals surface area contributed by atoms with Crippen molar-refractivity contribution in [1.29, 1.82) is 0 Å². The number of phenolic OH excluding ortho intramolecular Hbond substituents is 1. The Labute approximate surface area is 242 Å². The molecule has 182 valence electrons. The number of rotatable bonds is 13. The smallest absolute Gasteiger partial charge is 1.00 e. The van der Waals surface area contributed by atoms with Crippen LogP contribution in [0.2, 0.25) is 0 Å². The molecule has 0 aliphatic rings. The molecule has 1 rings (SSSR count). The molecular weight excluding hydrogens is 478 g/mol. The summed E-state index contributed by atoms with van der Waals surface area (Å²) in [4.78, 5) is 55.4. The molecule has 13 nitrogen and oxygen atoms in total. The van der Waals surface area contributed by atoms with E-state index in [-0.39, 0.29) is 86.8 Å². The first-order valence-electron chi connectivity index (χ1n) is 9.22. The van der Waals surface area contributed by atoms with E-state index in [1.807, 2.05) is 0 Å². The van der Waals surface area contributed by atoms with Gasteiger partial charge in [0, 0.05) is 13.1 Å². The molecule has 0 fully saturated rings. The molecule has 0 spiro atoms. The Hall–Kier alpha value is -1.71. The number of aromatic hydroxyl groups is 1. The van der Waals surface area contributed by atoms with Gasteiger partial charge < -0.3 is 33.1 Å². The molecule has 0 bridgehead atoms. The van der Waals surface area contributed by atoms with Gasteiger partial charge in [0.2, 0.25) is 0 Å². The fraction of sp³-hybridized carbons (Fsp3) is 0.421. The number of phenols is 1. The molecule has 0 saturated carbocycles. The van der Waals surface area contributed by atoms with Crippen molar-refractivity contribution in [3.63, 3.8) is 0 Å². The van der Waals surface area contributed by atoms with E-state index < -0.39 is 50.1 Å². The SMILES string of the molecule is CCOC(=O)c1ccc(O)cc1.O=C(O)CN(CCN(CC(=O)O)CC(=O)O)CC(=O)O.[H-].[H-].[Na+].[Na+]. The van der Waals surface area contributed by atoms with Crippen molar-refractivity contribution >= 4 is 29.8 Å². The summed E-state index contributed by atoms with van der Waals surface area (Å²) in [7, 11) is 0. The third-order valence-corrected chi connectivity index (χ3v) is 3.55. The number of carbonyl (C=O) groups excluding carboxylic acids is 1. The Morgan fingerprint density at radius 2 is 1.06 bits per heavy atom. The fourth-order valence-corrected chi connectivity index (χ4v) is 2.29. The number of esters is 1. The molecule has 0 aromatic heterocycles. The number of carboxylic acids is 4. The van der Waals surface area contributed by atoms with E-state index in [0.29, 0.717) is 12.2 Å². The molecule has 0 radical (unpaired) electrons. The molecule has 34 heavy (non-hydrogen) atoms. The fourth-order valence-electron chi connectivity index (χ4n) is 2.29. The van der Waals surface area contributed by atoms with E-state index in [4.69, 9.17) is 30.3 Å². The van der Waals surface area contributed by atoms with E-state index in [1.54, 1.807) is 6.92 Å². The van der Waals surface area contributed by atoms with E-state index >= 15 is 0 Å². The molecule has 5 N–H and O–H groups in total. The summed E-state index contributed by atoms with van der Waals surface area (Å²) < 4.78 is 4.75. The molecular formula is C19H28N2Na2O11. The van der Waals surface area contributed by atoms with Gasteiger partial charge in [0.1, 0.15) is 5.75 Å². The quantitative estimate of drug-likeness (QED) is 0.125. The molecule has 0 unspecified atom stereocenters. The number of aliphatic carboxylic acids is 4. The van der Waals surface area contributed by atoms with Crippen LogP contribution in [-0.2, 0) is 23.9 Å². The molecule has 0 aliphatic carbocycles. The van der Waals surface area contributed by atoms with Gasteiger partial charge in [0.15, 0.2) is 0 Å². The zero-order valence-electron chi connectivity index (χ0n) is 21.3. The van der Waals surface area contributed by atoms with Crippen molar-refractivity contribution in [2.45, 2.75) is 6.92 Å². The number of carboxylic acid groups (broad SMARTS) is 4. The third kappa shape index (κ3) is 19.7. The zero-order chi connectivity index (χ0) is 24.7. The van der Waals surface area contributed by atoms with Crippen molar-refractivity contribution in [3.8, 4) is 5.75 Å². The zero-order valence-corrected chi connectivity index (χ0v) is 23.3. The van der Waals surface area contributed by atoms with Crippen LogP contribution in [0.1, 0.15) is 20.1 Å².